The summed E-state index contributed by atoms with van der Waals surface area (Å²) in [5, 5.41) is 3.52. The van der Waals surface area contributed by atoms with Crippen LogP contribution in [-0.2, 0) is 0 Å². The van der Waals surface area contributed by atoms with E-state index in [0.29, 0.717) is 12.0 Å². The van der Waals surface area contributed by atoms with Gasteiger partial charge in [-0.15, -0.1) is 0 Å². The minimum Gasteiger partial charge on any atom is -0.496 e. The Hall–Kier alpha value is -1.02. The van der Waals surface area contributed by atoms with Gasteiger partial charge in [0.1, 0.15) is 5.75 Å². The molecule has 2 atom stereocenters. The van der Waals surface area contributed by atoms with Gasteiger partial charge in [0.2, 0.25) is 0 Å². The highest BCUT2D eigenvalue weighted by molar-refractivity contribution is 5.47. The first kappa shape index (κ1) is 17.0. The Kier molecular flexibility index (Phi) is 7.08. The fourth-order valence-electron chi connectivity index (χ4n) is 3.04. The summed E-state index contributed by atoms with van der Waals surface area (Å²) in [5.74, 6) is 1.72. The van der Waals surface area contributed by atoms with Crippen LogP contribution in [0.3, 0.4) is 0 Å². The van der Waals surface area contributed by atoms with Gasteiger partial charge in [0.25, 0.3) is 0 Å². The van der Waals surface area contributed by atoms with Crippen LogP contribution in [-0.4, -0.2) is 14.2 Å². The maximum Gasteiger partial charge on any atom is 0.126 e. The van der Waals surface area contributed by atoms with Gasteiger partial charge in [-0.3, -0.25) is 0 Å². The highest BCUT2D eigenvalue weighted by Gasteiger charge is 2.24. The van der Waals surface area contributed by atoms with Gasteiger partial charge in [-0.25, -0.2) is 0 Å². The Morgan fingerprint density at radius 3 is 2.40 bits per heavy atom. The Morgan fingerprint density at radius 1 is 1.20 bits per heavy atom. The number of rotatable bonds is 8. The average molecular weight is 277 g/mol. The van der Waals surface area contributed by atoms with Gasteiger partial charge in [-0.1, -0.05) is 45.2 Å². The number of nitrogens with one attached hydrogen (secondary N) is 1. The molecular formula is C18H31NO. The first-order valence-electron chi connectivity index (χ1n) is 7.91. The van der Waals surface area contributed by atoms with Crippen LogP contribution in [0, 0.1) is 19.8 Å². The molecule has 0 saturated heterocycles. The summed E-state index contributed by atoms with van der Waals surface area (Å²) >= 11 is 0. The molecule has 114 valence electrons. The van der Waals surface area contributed by atoms with Crippen molar-refractivity contribution in [3.63, 3.8) is 0 Å². The minimum atomic E-state index is 0.376. The topological polar surface area (TPSA) is 21.3 Å². The van der Waals surface area contributed by atoms with Crippen molar-refractivity contribution < 1.29 is 4.74 Å². The summed E-state index contributed by atoms with van der Waals surface area (Å²) in [4.78, 5) is 0. The molecule has 1 aromatic carbocycles. The molecule has 0 bridgehead atoms. The predicted octanol–water partition coefficient (Wildman–Crippen LogP) is 4.79. The molecule has 20 heavy (non-hydrogen) atoms. The normalized spacial score (nSPS) is 14.1. The van der Waals surface area contributed by atoms with E-state index in [4.69, 9.17) is 4.74 Å². The van der Waals surface area contributed by atoms with Crippen molar-refractivity contribution in [2.24, 2.45) is 5.92 Å². The third-order valence-corrected chi connectivity index (χ3v) is 4.48. The first-order chi connectivity index (χ1) is 9.60. The number of methoxy groups -OCH3 is 1. The zero-order valence-corrected chi connectivity index (χ0v) is 14.0. The van der Waals surface area contributed by atoms with Gasteiger partial charge in [0, 0.05) is 11.6 Å². The molecule has 2 unspecified atom stereocenters. The fraction of sp³-hybridized carbons (Fsp3) is 0.667. The van der Waals surface area contributed by atoms with Gasteiger partial charge in [0.05, 0.1) is 7.11 Å². The zero-order chi connectivity index (χ0) is 15.1. The van der Waals surface area contributed by atoms with Crippen molar-refractivity contribution in [2.45, 2.75) is 59.4 Å². The van der Waals surface area contributed by atoms with Crippen molar-refractivity contribution in [1.82, 2.24) is 5.32 Å². The largest absolute Gasteiger partial charge is 0.496 e. The van der Waals surface area contributed by atoms with Crippen molar-refractivity contribution in [2.75, 3.05) is 14.2 Å². The molecule has 0 heterocycles. The van der Waals surface area contributed by atoms with E-state index in [9.17, 15) is 0 Å². The Morgan fingerprint density at radius 2 is 1.90 bits per heavy atom. The lowest BCUT2D eigenvalue weighted by Gasteiger charge is -2.28. The number of hydrogen-bond donors (Lipinski definition) is 1. The van der Waals surface area contributed by atoms with Gasteiger partial charge in [0.15, 0.2) is 0 Å². The second-order valence-electron chi connectivity index (χ2n) is 5.71. The Labute approximate surface area is 124 Å². The van der Waals surface area contributed by atoms with E-state index in [-0.39, 0.29) is 0 Å². The lowest BCUT2D eigenvalue weighted by Crippen LogP contribution is -2.26. The van der Waals surface area contributed by atoms with E-state index >= 15 is 0 Å². The Balaban J connectivity index is 3.13. The van der Waals surface area contributed by atoms with Crippen molar-refractivity contribution in [3.8, 4) is 5.75 Å². The van der Waals surface area contributed by atoms with E-state index in [1.807, 2.05) is 0 Å². The molecule has 0 radical (unpaired) electrons. The summed E-state index contributed by atoms with van der Waals surface area (Å²) in [7, 11) is 3.85. The Bertz CT molecular complexity index is 414. The number of aryl methyl sites for hydroxylation is 1. The number of ether oxygens (including phenoxy) is 1. The molecule has 1 rings (SSSR count). The molecule has 0 aliphatic carbocycles. The minimum absolute atomic E-state index is 0.376. The molecule has 0 aliphatic rings. The molecule has 2 heteroatoms. The maximum absolute atomic E-state index is 5.70. The summed E-state index contributed by atoms with van der Waals surface area (Å²) in [5.41, 5.74) is 3.86. The van der Waals surface area contributed by atoms with Crippen LogP contribution in [0.4, 0.5) is 0 Å². The second-order valence-corrected chi connectivity index (χ2v) is 5.71. The highest BCUT2D eigenvalue weighted by Crippen LogP contribution is 2.36. The summed E-state index contributed by atoms with van der Waals surface area (Å²) < 4.78 is 5.70. The molecular weight excluding hydrogens is 246 g/mol. The molecule has 1 aromatic rings. The monoisotopic (exact) mass is 277 g/mol. The molecule has 0 aliphatic heterocycles. The van der Waals surface area contributed by atoms with Crippen LogP contribution in [0.5, 0.6) is 5.75 Å². The average Bonchev–Trinajstić information content (AvgIpc) is 2.46. The molecule has 0 fully saturated rings. The lowest BCUT2D eigenvalue weighted by molar-refractivity contribution is 0.324. The van der Waals surface area contributed by atoms with Crippen LogP contribution in [0.15, 0.2) is 12.1 Å². The van der Waals surface area contributed by atoms with E-state index < -0.39 is 0 Å². The van der Waals surface area contributed by atoms with E-state index in [2.05, 4.69) is 52.2 Å². The predicted molar refractivity (Wildman–Crippen MR) is 87.6 cm³/mol. The van der Waals surface area contributed by atoms with E-state index in [1.54, 1.807) is 7.11 Å². The van der Waals surface area contributed by atoms with Crippen LogP contribution in [0.25, 0.3) is 0 Å². The standard InChI is InChI=1S/C18H31NO/c1-7-9-10-15(8-2)17(19-5)16-12-11-13(3)14(4)18(16)20-6/h11-12,15,17,19H,7-10H2,1-6H3. The quantitative estimate of drug-likeness (QED) is 0.737. The van der Waals surface area contributed by atoms with Crippen molar-refractivity contribution >= 4 is 0 Å². The first-order valence-corrected chi connectivity index (χ1v) is 7.91. The van der Waals surface area contributed by atoms with Gasteiger partial charge in [-0.05, 0) is 44.4 Å². The summed E-state index contributed by atoms with van der Waals surface area (Å²) in [6, 6.07) is 4.82. The number of hydrogen-bond acceptors (Lipinski definition) is 2. The van der Waals surface area contributed by atoms with Gasteiger partial charge < -0.3 is 10.1 Å². The molecule has 0 aromatic heterocycles. The third-order valence-electron chi connectivity index (χ3n) is 4.48. The van der Waals surface area contributed by atoms with E-state index in [1.165, 1.54) is 42.4 Å². The summed E-state index contributed by atoms with van der Waals surface area (Å²) in [6.07, 6.45) is 5.02. The smallest absolute Gasteiger partial charge is 0.126 e. The molecule has 0 spiro atoms. The molecule has 1 N–H and O–H groups in total. The van der Waals surface area contributed by atoms with Crippen LogP contribution in [0.2, 0.25) is 0 Å². The number of unbranched alkanes of at least 4 members (excludes halogenated alkanes) is 1. The van der Waals surface area contributed by atoms with Crippen LogP contribution < -0.4 is 10.1 Å². The highest BCUT2D eigenvalue weighted by atomic mass is 16.5. The van der Waals surface area contributed by atoms with Crippen LogP contribution in [0.1, 0.15) is 62.3 Å². The van der Waals surface area contributed by atoms with Crippen molar-refractivity contribution in [3.05, 3.63) is 28.8 Å². The van der Waals surface area contributed by atoms with Gasteiger partial charge >= 0.3 is 0 Å². The third kappa shape index (κ3) is 3.76. The second kappa shape index (κ2) is 8.31. The molecule has 2 nitrogen and oxygen atoms in total. The SMILES string of the molecule is CCCCC(CC)C(NC)c1ccc(C)c(C)c1OC. The van der Waals surface area contributed by atoms with Crippen molar-refractivity contribution in [1.29, 1.82) is 0 Å². The lowest BCUT2D eigenvalue weighted by atomic mass is 9.85. The van der Waals surface area contributed by atoms with E-state index in [0.717, 1.165) is 5.75 Å². The maximum atomic E-state index is 5.70. The molecule has 0 amide bonds. The van der Waals surface area contributed by atoms with Gasteiger partial charge in [-0.2, -0.15) is 0 Å². The zero-order valence-electron chi connectivity index (χ0n) is 14.0. The van der Waals surface area contributed by atoms with Crippen LogP contribution >= 0.6 is 0 Å². The number of benzene rings is 1. The summed E-state index contributed by atoms with van der Waals surface area (Å²) in [6.45, 7) is 8.84. The fourth-order valence-corrected chi connectivity index (χ4v) is 3.04. The molecule has 0 saturated carbocycles.